The molecule has 94 valence electrons. The van der Waals surface area contributed by atoms with Crippen molar-refractivity contribution in [1.82, 2.24) is 19.7 Å². The number of aryl methyl sites for hydroxylation is 1. The molecule has 0 saturated carbocycles. The third kappa shape index (κ3) is 1.93. The van der Waals surface area contributed by atoms with E-state index >= 15 is 0 Å². The van der Waals surface area contributed by atoms with Gasteiger partial charge in [0.05, 0.1) is 16.7 Å². The molecule has 1 aromatic carbocycles. The Kier molecular flexibility index (Phi) is 2.49. The van der Waals surface area contributed by atoms with Crippen LogP contribution in [-0.2, 0) is 0 Å². The number of rotatable bonds is 2. The van der Waals surface area contributed by atoms with E-state index in [1.54, 1.807) is 25.5 Å². The van der Waals surface area contributed by atoms with Crippen LogP contribution < -0.4 is 0 Å². The Morgan fingerprint density at radius 1 is 1.21 bits per heavy atom. The number of aromatic nitrogens is 4. The standard InChI is InChI=1S/C13H10N4O2/c1-8-7-17(16-12(8)13(18)19)9-2-3-10-11(6-9)15-5-4-14-10/h2-7H,1H3,(H,18,19). The molecule has 3 aromatic rings. The predicted molar refractivity (Wildman–Crippen MR) is 68.4 cm³/mol. The number of carbonyl (C=O) groups is 1. The SMILES string of the molecule is Cc1cn(-c2ccc3nccnc3c2)nc1C(=O)O. The number of carboxylic acids is 1. The predicted octanol–water partition coefficient (Wildman–Crippen LogP) is 1.82. The van der Waals surface area contributed by atoms with Crippen LogP contribution in [0.5, 0.6) is 0 Å². The largest absolute Gasteiger partial charge is 0.476 e. The summed E-state index contributed by atoms with van der Waals surface area (Å²) in [5, 5.41) is 13.1. The molecule has 1 N–H and O–H groups in total. The van der Waals surface area contributed by atoms with Crippen LogP contribution in [0, 0.1) is 6.92 Å². The molecular weight excluding hydrogens is 244 g/mol. The molecule has 0 unspecified atom stereocenters. The highest BCUT2D eigenvalue weighted by molar-refractivity contribution is 5.87. The zero-order valence-corrected chi connectivity index (χ0v) is 10.1. The second-order valence-corrected chi connectivity index (χ2v) is 4.14. The van der Waals surface area contributed by atoms with Gasteiger partial charge in [-0.05, 0) is 25.1 Å². The van der Waals surface area contributed by atoms with E-state index in [4.69, 9.17) is 5.11 Å². The third-order valence-electron chi connectivity index (χ3n) is 2.82. The van der Waals surface area contributed by atoms with E-state index in [1.165, 1.54) is 4.68 Å². The van der Waals surface area contributed by atoms with Crippen molar-refractivity contribution >= 4 is 17.0 Å². The lowest BCUT2D eigenvalue weighted by Crippen LogP contribution is -2.01. The summed E-state index contributed by atoms with van der Waals surface area (Å²) < 4.78 is 1.53. The maximum Gasteiger partial charge on any atom is 0.356 e. The zero-order valence-electron chi connectivity index (χ0n) is 10.1. The summed E-state index contributed by atoms with van der Waals surface area (Å²) >= 11 is 0. The van der Waals surface area contributed by atoms with E-state index < -0.39 is 5.97 Å². The average molecular weight is 254 g/mol. The topological polar surface area (TPSA) is 80.9 Å². The van der Waals surface area contributed by atoms with E-state index in [1.807, 2.05) is 18.2 Å². The van der Waals surface area contributed by atoms with Crippen LogP contribution in [0.1, 0.15) is 16.1 Å². The van der Waals surface area contributed by atoms with Crippen LogP contribution in [-0.4, -0.2) is 30.8 Å². The van der Waals surface area contributed by atoms with Gasteiger partial charge < -0.3 is 5.11 Å². The lowest BCUT2D eigenvalue weighted by Gasteiger charge is -2.02. The molecule has 2 heterocycles. The van der Waals surface area contributed by atoms with E-state index in [0.29, 0.717) is 5.56 Å². The van der Waals surface area contributed by atoms with Gasteiger partial charge in [-0.15, -0.1) is 0 Å². The fourth-order valence-corrected chi connectivity index (χ4v) is 1.90. The molecule has 0 aliphatic rings. The summed E-state index contributed by atoms with van der Waals surface area (Å²) in [5.74, 6) is -1.03. The number of carboxylic acid groups (broad SMARTS) is 1. The molecule has 3 rings (SSSR count). The highest BCUT2D eigenvalue weighted by Gasteiger charge is 2.13. The molecule has 2 aromatic heterocycles. The number of hydrogen-bond acceptors (Lipinski definition) is 4. The maximum absolute atomic E-state index is 11.0. The molecule has 0 aliphatic carbocycles. The van der Waals surface area contributed by atoms with Gasteiger partial charge in [0.1, 0.15) is 0 Å². The molecule has 0 spiro atoms. The van der Waals surface area contributed by atoms with Crippen molar-refractivity contribution in [2.75, 3.05) is 0 Å². The summed E-state index contributed by atoms with van der Waals surface area (Å²) in [5.41, 5.74) is 2.95. The second-order valence-electron chi connectivity index (χ2n) is 4.14. The van der Waals surface area contributed by atoms with Crippen molar-refractivity contribution in [3.05, 3.63) is 48.0 Å². The van der Waals surface area contributed by atoms with Crippen molar-refractivity contribution < 1.29 is 9.90 Å². The normalized spacial score (nSPS) is 10.8. The lowest BCUT2D eigenvalue weighted by atomic mass is 10.2. The summed E-state index contributed by atoms with van der Waals surface area (Å²) in [6.45, 7) is 1.72. The Bertz CT molecular complexity index is 779. The molecule has 6 heteroatoms. The van der Waals surface area contributed by atoms with Gasteiger partial charge in [-0.25, -0.2) is 9.48 Å². The first-order valence-electron chi connectivity index (χ1n) is 5.66. The number of benzene rings is 1. The van der Waals surface area contributed by atoms with E-state index in [2.05, 4.69) is 15.1 Å². The minimum Gasteiger partial charge on any atom is -0.476 e. The minimum atomic E-state index is -1.03. The van der Waals surface area contributed by atoms with Crippen molar-refractivity contribution in [3.63, 3.8) is 0 Å². The Morgan fingerprint density at radius 3 is 2.63 bits per heavy atom. The zero-order chi connectivity index (χ0) is 13.4. The van der Waals surface area contributed by atoms with Gasteiger partial charge in [0.2, 0.25) is 0 Å². The number of fused-ring (bicyclic) bond motifs is 1. The molecule has 6 nitrogen and oxygen atoms in total. The van der Waals surface area contributed by atoms with Crippen LogP contribution in [0.4, 0.5) is 0 Å². The fraction of sp³-hybridized carbons (Fsp3) is 0.0769. The summed E-state index contributed by atoms with van der Waals surface area (Å²) in [6, 6.07) is 5.48. The van der Waals surface area contributed by atoms with Gasteiger partial charge >= 0.3 is 5.97 Å². The highest BCUT2D eigenvalue weighted by atomic mass is 16.4. The van der Waals surface area contributed by atoms with Crippen LogP contribution in [0.15, 0.2) is 36.8 Å². The molecule has 0 amide bonds. The molecule has 19 heavy (non-hydrogen) atoms. The van der Waals surface area contributed by atoms with Gasteiger partial charge in [-0.3, -0.25) is 9.97 Å². The summed E-state index contributed by atoms with van der Waals surface area (Å²) in [6.07, 6.45) is 4.92. The Labute approximate surface area is 108 Å². The molecule has 0 atom stereocenters. The number of nitrogens with zero attached hydrogens (tertiary/aromatic N) is 4. The summed E-state index contributed by atoms with van der Waals surface area (Å²) in [7, 11) is 0. The molecular formula is C13H10N4O2. The molecule has 0 radical (unpaired) electrons. The van der Waals surface area contributed by atoms with Crippen LogP contribution in [0.3, 0.4) is 0 Å². The van der Waals surface area contributed by atoms with Gasteiger partial charge in [0.15, 0.2) is 5.69 Å². The Hall–Kier alpha value is -2.76. The monoisotopic (exact) mass is 254 g/mol. The minimum absolute atomic E-state index is 0.0549. The summed E-state index contributed by atoms with van der Waals surface area (Å²) in [4.78, 5) is 19.4. The van der Waals surface area contributed by atoms with Crippen LogP contribution >= 0.6 is 0 Å². The average Bonchev–Trinajstić information content (AvgIpc) is 2.80. The van der Waals surface area contributed by atoms with E-state index in [0.717, 1.165) is 16.7 Å². The third-order valence-corrected chi connectivity index (χ3v) is 2.82. The van der Waals surface area contributed by atoms with Crippen LogP contribution in [0.2, 0.25) is 0 Å². The van der Waals surface area contributed by atoms with Gasteiger partial charge in [-0.2, -0.15) is 5.10 Å². The molecule has 0 fully saturated rings. The number of aromatic carboxylic acids is 1. The highest BCUT2D eigenvalue weighted by Crippen LogP contribution is 2.16. The molecule has 0 aliphatic heterocycles. The van der Waals surface area contributed by atoms with Gasteiger partial charge in [0, 0.05) is 24.2 Å². The smallest absolute Gasteiger partial charge is 0.356 e. The van der Waals surface area contributed by atoms with Crippen molar-refractivity contribution in [1.29, 1.82) is 0 Å². The first-order valence-corrected chi connectivity index (χ1v) is 5.66. The van der Waals surface area contributed by atoms with Crippen molar-refractivity contribution in [2.24, 2.45) is 0 Å². The second kappa shape index (κ2) is 4.16. The van der Waals surface area contributed by atoms with Crippen molar-refractivity contribution in [3.8, 4) is 5.69 Å². The maximum atomic E-state index is 11.0. The van der Waals surface area contributed by atoms with Crippen molar-refractivity contribution in [2.45, 2.75) is 6.92 Å². The van der Waals surface area contributed by atoms with E-state index in [-0.39, 0.29) is 5.69 Å². The molecule has 0 bridgehead atoms. The quantitative estimate of drug-likeness (QED) is 0.754. The Morgan fingerprint density at radius 2 is 1.95 bits per heavy atom. The fourth-order valence-electron chi connectivity index (χ4n) is 1.90. The lowest BCUT2D eigenvalue weighted by molar-refractivity contribution is 0.0689. The van der Waals surface area contributed by atoms with Crippen LogP contribution in [0.25, 0.3) is 16.7 Å². The Balaban J connectivity index is 2.13. The first-order chi connectivity index (χ1) is 9.15. The van der Waals surface area contributed by atoms with E-state index in [9.17, 15) is 4.79 Å². The molecule has 0 saturated heterocycles. The van der Waals surface area contributed by atoms with Gasteiger partial charge in [0.25, 0.3) is 0 Å². The van der Waals surface area contributed by atoms with Gasteiger partial charge in [-0.1, -0.05) is 0 Å². The number of hydrogen-bond donors (Lipinski definition) is 1. The first kappa shape index (κ1) is 11.3.